The molecule has 0 amide bonds. The van der Waals surface area contributed by atoms with Crippen LogP contribution < -0.4 is 11.1 Å². The zero-order valence-corrected chi connectivity index (χ0v) is 43.7. The number of nitrogens with zero attached hydrogens (tertiary/aromatic N) is 15. The molecule has 12 rings (SSSR count). The van der Waals surface area contributed by atoms with Gasteiger partial charge in [0.05, 0.1) is 66.5 Å². The van der Waals surface area contributed by atoms with E-state index in [1.165, 1.54) is 61.0 Å². The van der Waals surface area contributed by atoms with Gasteiger partial charge in [-0.25, -0.2) is 50.8 Å². The van der Waals surface area contributed by atoms with Crippen LogP contribution in [0, 0.1) is 23.3 Å². The summed E-state index contributed by atoms with van der Waals surface area (Å²) in [6.07, 6.45) is 10.7. The highest BCUT2D eigenvalue weighted by molar-refractivity contribution is 7.89. The summed E-state index contributed by atoms with van der Waals surface area (Å²) in [6.45, 7) is 0.487. The van der Waals surface area contributed by atoms with Gasteiger partial charge >= 0.3 is 0 Å². The molecule has 0 unspecified atom stereocenters. The standard InChI is InChI=1S/C19H17FN6O4S.C17H11F2N5OS.C16H11FN6O/c1-25(2)31(28,29)17-10-21-18(22-19(17)27)15-9-16(14-7-8-30-24-14)26(23-15)11-12-5-3-4-6-13(12)20;18-11-4-2-1-3-10(11)7-24-15(14-8-26-9-21-14)5-13(23-24)16-20-6-12(19)17(25)22-16;17-12-9-18-6-2-11(12)10-23-15(13-3-7-24-22-13)8-14(21-23)16-19-4-1-5-20-16/h3-10H,11H2,1-2H3,(H,21,22,27);1-6,8-9H,7H2,(H,20,22,25);1-9H,10H2. The van der Waals surface area contributed by atoms with Gasteiger partial charge in [-0.1, -0.05) is 46.7 Å². The van der Waals surface area contributed by atoms with Crippen molar-refractivity contribution in [2.24, 2.45) is 0 Å². The molecule has 0 aliphatic rings. The van der Waals surface area contributed by atoms with Gasteiger partial charge in [0.15, 0.2) is 22.4 Å². The van der Waals surface area contributed by atoms with Gasteiger partial charge in [0.25, 0.3) is 11.1 Å². The topological polar surface area (TPSA) is 286 Å². The zero-order valence-electron chi connectivity index (χ0n) is 42.0. The molecule has 0 saturated carbocycles. The van der Waals surface area contributed by atoms with Crippen LogP contribution in [0.15, 0.2) is 175 Å². The van der Waals surface area contributed by atoms with E-state index in [9.17, 15) is 35.6 Å². The van der Waals surface area contributed by atoms with E-state index in [-0.39, 0.29) is 42.8 Å². The first-order chi connectivity index (χ1) is 39.2. The first-order valence-corrected chi connectivity index (χ1v) is 26.1. The van der Waals surface area contributed by atoms with Crippen LogP contribution in [-0.4, -0.2) is 106 Å². The third kappa shape index (κ3) is 12.2. The quantitative estimate of drug-likeness (QED) is 0.100. The van der Waals surface area contributed by atoms with Gasteiger partial charge in [-0.05, 0) is 42.5 Å². The molecule has 0 atom stereocenters. The molecule has 408 valence electrons. The second kappa shape index (κ2) is 23.8. The Morgan fingerprint density at radius 2 is 1.06 bits per heavy atom. The normalized spacial score (nSPS) is 11.3. The van der Waals surface area contributed by atoms with Crippen LogP contribution in [0.1, 0.15) is 16.7 Å². The predicted molar refractivity (Wildman–Crippen MR) is 283 cm³/mol. The molecule has 23 nitrogen and oxygen atoms in total. The Labute approximate surface area is 458 Å². The number of benzene rings is 2. The smallest absolute Gasteiger partial charge is 0.287 e. The van der Waals surface area contributed by atoms with E-state index in [0.717, 1.165) is 16.7 Å². The van der Waals surface area contributed by atoms with Crippen molar-refractivity contribution in [3.05, 3.63) is 212 Å². The summed E-state index contributed by atoms with van der Waals surface area (Å²) in [6, 6.07) is 24.4. The Balaban J connectivity index is 0.000000138. The van der Waals surface area contributed by atoms with E-state index in [1.54, 1.807) is 112 Å². The Bertz CT molecular complexity index is 4340. The molecular formula is C52H39F4N17O6S2. The van der Waals surface area contributed by atoms with Crippen molar-refractivity contribution in [3.63, 3.8) is 0 Å². The molecule has 0 aliphatic heterocycles. The van der Waals surface area contributed by atoms with Crippen molar-refractivity contribution in [2.75, 3.05) is 14.1 Å². The fraction of sp³-hybridized carbons (Fsp3) is 0.0962. The highest BCUT2D eigenvalue weighted by Gasteiger charge is 2.24. The number of thiazole rings is 1. The van der Waals surface area contributed by atoms with Crippen LogP contribution in [0.2, 0.25) is 0 Å². The lowest BCUT2D eigenvalue weighted by Crippen LogP contribution is -2.29. The van der Waals surface area contributed by atoms with Gasteiger partial charge in [0, 0.05) is 66.9 Å². The number of nitrogens with one attached hydrogen (secondary N) is 2. The van der Waals surface area contributed by atoms with Gasteiger partial charge in [-0.15, -0.1) is 11.3 Å². The second-order valence-electron chi connectivity index (χ2n) is 17.2. The average molecular weight is 1140 g/mol. The van der Waals surface area contributed by atoms with Crippen molar-refractivity contribution in [2.45, 2.75) is 24.5 Å². The van der Waals surface area contributed by atoms with Crippen molar-refractivity contribution >= 4 is 21.4 Å². The zero-order chi connectivity index (χ0) is 56.6. The molecule has 81 heavy (non-hydrogen) atoms. The number of hydrogen-bond acceptors (Lipinski definition) is 18. The fourth-order valence-corrected chi connectivity index (χ4v) is 9.11. The molecule has 0 radical (unpaired) electrons. The molecule has 12 aromatic rings. The molecular weight excluding hydrogens is 1100 g/mol. The molecule has 10 aromatic heterocycles. The number of aromatic nitrogens is 16. The van der Waals surface area contributed by atoms with Crippen molar-refractivity contribution in [1.82, 2.24) is 83.8 Å². The number of rotatable bonds is 14. The molecule has 2 N–H and O–H groups in total. The van der Waals surface area contributed by atoms with Gasteiger partial charge in [-0.2, -0.15) is 19.7 Å². The van der Waals surface area contributed by atoms with E-state index in [4.69, 9.17) is 9.05 Å². The lowest BCUT2D eigenvalue weighted by molar-refractivity contribution is 0.421. The summed E-state index contributed by atoms with van der Waals surface area (Å²) in [5.74, 6) is -1.44. The number of halogens is 4. The first kappa shape index (κ1) is 54.1. The monoisotopic (exact) mass is 1140 g/mol. The van der Waals surface area contributed by atoms with E-state index in [0.29, 0.717) is 68.1 Å². The molecule has 0 fully saturated rings. The van der Waals surface area contributed by atoms with Crippen molar-refractivity contribution in [3.8, 4) is 68.7 Å². The van der Waals surface area contributed by atoms with Crippen LogP contribution in [0.25, 0.3) is 68.7 Å². The minimum Gasteiger partial charge on any atom is -0.364 e. The van der Waals surface area contributed by atoms with Crippen LogP contribution in [0.3, 0.4) is 0 Å². The Hall–Kier alpha value is -10.3. The van der Waals surface area contributed by atoms with E-state index in [1.807, 2.05) is 5.38 Å². The maximum Gasteiger partial charge on any atom is 0.287 e. The van der Waals surface area contributed by atoms with Crippen LogP contribution >= 0.6 is 11.3 Å². The first-order valence-electron chi connectivity index (χ1n) is 23.7. The number of H-pyrrole nitrogens is 2. The van der Waals surface area contributed by atoms with Gasteiger partial charge < -0.3 is 19.0 Å². The summed E-state index contributed by atoms with van der Waals surface area (Å²) < 4.78 is 95.2. The number of pyridine rings is 1. The minimum absolute atomic E-state index is 0.0553. The highest BCUT2D eigenvalue weighted by atomic mass is 32.2. The summed E-state index contributed by atoms with van der Waals surface area (Å²) in [7, 11) is -1.32. The minimum atomic E-state index is -3.95. The lowest BCUT2D eigenvalue weighted by atomic mass is 10.2. The molecule has 29 heteroatoms. The highest BCUT2D eigenvalue weighted by Crippen LogP contribution is 2.28. The van der Waals surface area contributed by atoms with E-state index >= 15 is 0 Å². The third-order valence-corrected chi connectivity index (χ3v) is 14.1. The number of hydrogen-bond donors (Lipinski definition) is 2. The SMILES string of the molecule is CN(C)S(=O)(=O)c1cnc(-c2cc(-c3ccon3)n(Cc3ccccc3F)n2)[nH]c1=O.Fc1cnccc1Cn1nc(-c2ncccn2)cc1-c1ccon1.O=c1[nH]c(-c2cc(-c3cscn3)n(Cc3ccccc3F)n2)ncc1F. The second-order valence-corrected chi connectivity index (χ2v) is 20.0. The maximum absolute atomic E-state index is 14.2. The Kier molecular flexibility index (Phi) is 15.9. The molecule has 0 saturated heterocycles. The molecule has 0 bridgehead atoms. The van der Waals surface area contributed by atoms with Gasteiger partial charge in [-0.3, -0.25) is 28.6 Å². The number of aromatic amines is 2. The largest absolute Gasteiger partial charge is 0.364 e. The summed E-state index contributed by atoms with van der Waals surface area (Å²) in [4.78, 5) is 52.6. The van der Waals surface area contributed by atoms with Crippen LogP contribution in [0.5, 0.6) is 0 Å². The van der Waals surface area contributed by atoms with Gasteiger partial charge in [0.1, 0.15) is 58.4 Å². The molecule has 10 heterocycles. The van der Waals surface area contributed by atoms with Gasteiger partial charge in [0.2, 0.25) is 15.8 Å². The van der Waals surface area contributed by atoms with Crippen LogP contribution in [0.4, 0.5) is 17.6 Å². The van der Waals surface area contributed by atoms with E-state index < -0.39 is 43.5 Å². The maximum atomic E-state index is 14.2. The van der Waals surface area contributed by atoms with Crippen molar-refractivity contribution < 1.29 is 35.0 Å². The third-order valence-electron chi connectivity index (χ3n) is 11.7. The fourth-order valence-electron chi connectivity index (χ4n) is 7.70. The lowest BCUT2D eigenvalue weighted by Gasteiger charge is -2.10. The van der Waals surface area contributed by atoms with E-state index in [2.05, 4.69) is 65.5 Å². The Morgan fingerprint density at radius 1 is 0.543 bits per heavy atom. The summed E-state index contributed by atoms with van der Waals surface area (Å²) in [5.41, 5.74) is 5.97. The molecule has 0 aliphatic carbocycles. The number of sulfonamides is 1. The van der Waals surface area contributed by atoms with Crippen molar-refractivity contribution in [1.29, 1.82) is 0 Å². The Morgan fingerprint density at radius 3 is 1.56 bits per heavy atom. The summed E-state index contributed by atoms with van der Waals surface area (Å²) in [5, 5.41) is 23.0. The molecule has 0 spiro atoms. The summed E-state index contributed by atoms with van der Waals surface area (Å²) >= 11 is 1.41. The molecule has 2 aromatic carbocycles. The predicted octanol–water partition coefficient (Wildman–Crippen LogP) is 7.39. The average Bonchev–Trinajstić information content (AvgIpc) is 4.46. The van der Waals surface area contributed by atoms with Crippen LogP contribution in [-0.2, 0) is 29.7 Å².